The largest absolute Gasteiger partial charge is 0.493 e. The lowest BCUT2D eigenvalue weighted by Crippen LogP contribution is -2.09. The Hall–Kier alpha value is -1.77. The molecule has 1 saturated carbocycles. The minimum atomic E-state index is -0.811. The summed E-state index contributed by atoms with van der Waals surface area (Å²) in [6.45, 7) is 1.77. The molecule has 21 heavy (non-hydrogen) atoms. The summed E-state index contributed by atoms with van der Waals surface area (Å²) in [5.41, 5.74) is 0.645. The smallest absolute Gasteiger partial charge is 0.161 e. The van der Waals surface area contributed by atoms with E-state index in [0.29, 0.717) is 30.3 Å². The summed E-state index contributed by atoms with van der Waals surface area (Å²) in [5, 5.41) is 18.5. The van der Waals surface area contributed by atoms with Crippen molar-refractivity contribution >= 4 is 0 Å². The van der Waals surface area contributed by atoms with Crippen molar-refractivity contribution in [2.24, 2.45) is 5.92 Å². The molecule has 1 N–H and O–H groups in total. The van der Waals surface area contributed by atoms with Crippen LogP contribution in [0.2, 0.25) is 0 Å². The van der Waals surface area contributed by atoms with Crippen molar-refractivity contribution in [2.45, 2.75) is 25.4 Å². The molecule has 1 fully saturated rings. The zero-order valence-electron chi connectivity index (χ0n) is 12.2. The highest BCUT2D eigenvalue weighted by Crippen LogP contribution is 2.31. The van der Waals surface area contributed by atoms with Gasteiger partial charge in [-0.05, 0) is 36.5 Å². The van der Waals surface area contributed by atoms with Crippen molar-refractivity contribution in [2.75, 3.05) is 26.9 Å². The first-order valence-electron chi connectivity index (χ1n) is 7.18. The Labute approximate surface area is 125 Å². The molecule has 1 aliphatic carbocycles. The molecule has 0 aromatic heterocycles. The summed E-state index contributed by atoms with van der Waals surface area (Å²) in [7, 11) is 1.57. The first kappa shape index (κ1) is 15.6. The van der Waals surface area contributed by atoms with Crippen molar-refractivity contribution in [1.29, 1.82) is 5.26 Å². The highest BCUT2D eigenvalue weighted by molar-refractivity contribution is 5.43. The molecule has 0 radical (unpaired) electrons. The molecule has 2 rings (SSSR count). The number of aliphatic hydroxyl groups excluding tert-OH is 1. The van der Waals surface area contributed by atoms with Crippen LogP contribution in [0, 0.1) is 17.2 Å². The van der Waals surface area contributed by atoms with E-state index in [-0.39, 0.29) is 6.42 Å². The first-order chi connectivity index (χ1) is 10.2. The second-order valence-electron chi connectivity index (χ2n) is 5.16. The molecule has 5 nitrogen and oxygen atoms in total. The average molecular weight is 291 g/mol. The van der Waals surface area contributed by atoms with E-state index < -0.39 is 6.10 Å². The molecular weight excluding hydrogens is 270 g/mol. The van der Waals surface area contributed by atoms with E-state index in [4.69, 9.17) is 19.5 Å². The number of nitrogens with zero attached hydrogens (tertiary/aromatic N) is 1. The third-order valence-electron chi connectivity index (χ3n) is 3.39. The highest BCUT2D eigenvalue weighted by atomic mass is 16.5. The van der Waals surface area contributed by atoms with E-state index in [1.807, 2.05) is 6.07 Å². The second-order valence-corrected chi connectivity index (χ2v) is 5.16. The topological polar surface area (TPSA) is 71.7 Å². The normalized spacial score (nSPS) is 15.3. The number of benzene rings is 1. The van der Waals surface area contributed by atoms with Crippen molar-refractivity contribution in [3.05, 3.63) is 23.8 Å². The van der Waals surface area contributed by atoms with Gasteiger partial charge in [0, 0.05) is 6.61 Å². The molecule has 114 valence electrons. The number of hydrogen-bond acceptors (Lipinski definition) is 5. The summed E-state index contributed by atoms with van der Waals surface area (Å²) in [4.78, 5) is 0. The quantitative estimate of drug-likeness (QED) is 0.708. The number of ether oxygens (including phenoxy) is 3. The van der Waals surface area contributed by atoms with Crippen LogP contribution < -0.4 is 9.47 Å². The van der Waals surface area contributed by atoms with Gasteiger partial charge >= 0.3 is 0 Å². The molecule has 1 aromatic rings. The molecule has 1 aliphatic rings. The van der Waals surface area contributed by atoms with E-state index in [0.717, 1.165) is 12.5 Å². The summed E-state index contributed by atoms with van der Waals surface area (Å²) in [5.74, 6) is 1.90. The van der Waals surface area contributed by atoms with E-state index >= 15 is 0 Å². The molecule has 1 atom stereocenters. The van der Waals surface area contributed by atoms with Crippen LogP contribution in [0.5, 0.6) is 11.5 Å². The van der Waals surface area contributed by atoms with Gasteiger partial charge in [-0.15, -0.1) is 0 Å². The van der Waals surface area contributed by atoms with Crippen molar-refractivity contribution < 1.29 is 19.3 Å². The van der Waals surface area contributed by atoms with Crippen LogP contribution >= 0.6 is 0 Å². The maximum atomic E-state index is 9.84. The number of rotatable bonds is 9. The summed E-state index contributed by atoms with van der Waals surface area (Å²) in [6.07, 6.45) is 1.78. The SMILES string of the molecule is COc1ccc(C(O)CC#N)cc1OCCOCC1CC1. The molecule has 5 heteroatoms. The van der Waals surface area contributed by atoms with Gasteiger partial charge in [0.25, 0.3) is 0 Å². The van der Waals surface area contributed by atoms with Gasteiger partial charge in [-0.25, -0.2) is 0 Å². The van der Waals surface area contributed by atoms with Crippen molar-refractivity contribution in [3.8, 4) is 17.6 Å². The molecule has 0 bridgehead atoms. The van der Waals surface area contributed by atoms with Crippen molar-refractivity contribution in [3.63, 3.8) is 0 Å². The predicted molar refractivity (Wildman–Crippen MR) is 77.2 cm³/mol. The zero-order valence-corrected chi connectivity index (χ0v) is 12.2. The maximum absolute atomic E-state index is 9.84. The monoisotopic (exact) mass is 291 g/mol. The van der Waals surface area contributed by atoms with Gasteiger partial charge in [0.15, 0.2) is 11.5 Å². The van der Waals surface area contributed by atoms with E-state index in [1.54, 1.807) is 25.3 Å². The van der Waals surface area contributed by atoms with Gasteiger partial charge in [0.2, 0.25) is 0 Å². The number of aliphatic hydroxyl groups is 1. The lowest BCUT2D eigenvalue weighted by atomic mass is 10.1. The van der Waals surface area contributed by atoms with Gasteiger partial charge in [-0.2, -0.15) is 5.26 Å². The maximum Gasteiger partial charge on any atom is 0.161 e. The molecule has 0 heterocycles. The Morgan fingerprint density at radius 2 is 2.14 bits per heavy atom. The lowest BCUT2D eigenvalue weighted by Gasteiger charge is -2.14. The van der Waals surface area contributed by atoms with Gasteiger partial charge < -0.3 is 19.3 Å². The number of nitriles is 1. The molecule has 1 unspecified atom stereocenters. The van der Waals surface area contributed by atoms with Crippen LogP contribution in [0.4, 0.5) is 0 Å². The summed E-state index contributed by atoms with van der Waals surface area (Å²) >= 11 is 0. The Morgan fingerprint density at radius 1 is 1.33 bits per heavy atom. The lowest BCUT2D eigenvalue weighted by molar-refractivity contribution is 0.0916. The van der Waals surface area contributed by atoms with Crippen LogP contribution in [-0.4, -0.2) is 32.0 Å². The second kappa shape index (κ2) is 7.87. The zero-order chi connectivity index (χ0) is 15.1. The first-order valence-corrected chi connectivity index (χ1v) is 7.18. The summed E-state index contributed by atoms with van der Waals surface area (Å²) < 4.78 is 16.4. The molecule has 0 spiro atoms. The molecular formula is C16H21NO4. The van der Waals surface area contributed by atoms with E-state index in [2.05, 4.69) is 0 Å². The van der Waals surface area contributed by atoms with Crippen molar-refractivity contribution in [1.82, 2.24) is 0 Å². The molecule has 0 amide bonds. The van der Waals surface area contributed by atoms with Crippen LogP contribution in [-0.2, 0) is 4.74 Å². The minimum Gasteiger partial charge on any atom is -0.493 e. The third-order valence-corrected chi connectivity index (χ3v) is 3.39. The van der Waals surface area contributed by atoms with E-state index in [1.165, 1.54) is 12.8 Å². The number of methoxy groups -OCH3 is 1. The standard InChI is InChI=1S/C16H21NO4/c1-19-15-5-4-13(14(18)6-7-17)10-16(15)21-9-8-20-11-12-2-3-12/h4-5,10,12,14,18H,2-3,6,8-9,11H2,1H3. The third kappa shape index (κ3) is 4.92. The van der Waals surface area contributed by atoms with Crippen LogP contribution in [0.15, 0.2) is 18.2 Å². The van der Waals surface area contributed by atoms with Gasteiger partial charge in [0.1, 0.15) is 6.61 Å². The Morgan fingerprint density at radius 3 is 2.81 bits per heavy atom. The van der Waals surface area contributed by atoms with Crippen LogP contribution in [0.25, 0.3) is 0 Å². The predicted octanol–water partition coefficient (Wildman–Crippen LogP) is 2.45. The average Bonchev–Trinajstić information content (AvgIpc) is 3.31. The Kier molecular flexibility index (Phi) is 5.85. The molecule has 0 saturated heterocycles. The van der Waals surface area contributed by atoms with Crippen LogP contribution in [0.3, 0.4) is 0 Å². The fraction of sp³-hybridized carbons (Fsp3) is 0.562. The fourth-order valence-electron chi connectivity index (χ4n) is 1.96. The molecule has 1 aromatic carbocycles. The Balaban J connectivity index is 1.88. The van der Waals surface area contributed by atoms with E-state index in [9.17, 15) is 5.11 Å². The number of hydrogen-bond donors (Lipinski definition) is 1. The molecule has 0 aliphatic heterocycles. The Bertz CT molecular complexity index is 494. The minimum absolute atomic E-state index is 0.0519. The summed E-state index contributed by atoms with van der Waals surface area (Å²) in [6, 6.07) is 7.12. The fourth-order valence-corrected chi connectivity index (χ4v) is 1.96. The van der Waals surface area contributed by atoms with Gasteiger partial charge in [-0.3, -0.25) is 0 Å². The highest BCUT2D eigenvalue weighted by Gasteiger charge is 2.21. The van der Waals surface area contributed by atoms with Gasteiger partial charge in [0.05, 0.1) is 32.3 Å². The van der Waals surface area contributed by atoms with Crippen LogP contribution in [0.1, 0.15) is 30.9 Å². The van der Waals surface area contributed by atoms with Gasteiger partial charge in [-0.1, -0.05) is 6.07 Å².